The van der Waals surface area contributed by atoms with Gasteiger partial charge in [0, 0.05) is 12.7 Å². The van der Waals surface area contributed by atoms with E-state index < -0.39 is 6.04 Å². The summed E-state index contributed by atoms with van der Waals surface area (Å²) in [6.07, 6.45) is 1.80. The summed E-state index contributed by atoms with van der Waals surface area (Å²) in [5.41, 5.74) is 2.98. The Kier molecular flexibility index (Phi) is 7.96. The highest BCUT2D eigenvalue weighted by molar-refractivity contribution is 5.89. The normalized spacial score (nSPS) is 11.5. The SMILES string of the molecule is O=C(NCc1ccccn1)[C@H](c1ccccc1)N(Cc1ccc(F)cc1)C(=O)Cc1ccccc1. The molecule has 0 aliphatic rings. The first kappa shape index (κ1) is 23.8. The zero-order valence-corrected chi connectivity index (χ0v) is 19.2. The molecular formula is C29H26FN3O2. The van der Waals surface area contributed by atoms with Crippen LogP contribution in [-0.4, -0.2) is 21.7 Å². The van der Waals surface area contributed by atoms with Crippen LogP contribution in [0.3, 0.4) is 0 Å². The van der Waals surface area contributed by atoms with Gasteiger partial charge in [0.2, 0.25) is 11.8 Å². The number of amides is 2. The first-order valence-electron chi connectivity index (χ1n) is 11.4. The van der Waals surface area contributed by atoms with Gasteiger partial charge >= 0.3 is 0 Å². The summed E-state index contributed by atoms with van der Waals surface area (Å²) in [4.78, 5) is 33.0. The molecule has 1 atom stereocenters. The van der Waals surface area contributed by atoms with Crippen molar-refractivity contribution in [2.75, 3.05) is 0 Å². The van der Waals surface area contributed by atoms with Gasteiger partial charge < -0.3 is 10.2 Å². The lowest BCUT2D eigenvalue weighted by Gasteiger charge is -2.32. The molecular weight excluding hydrogens is 441 g/mol. The van der Waals surface area contributed by atoms with Gasteiger partial charge in [0.25, 0.3) is 0 Å². The molecule has 3 aromatic carbocycles. The quantitative estimate of drug-likeness (QED) is 0.383. The molecule has 0 aliphatic carbocycles. The lowest BCUT2D eigenvalue weighted by atomic mass is 10.0. The Morgan fingerprint density at radius 2 is 1.46 bits per heavy atom. The maximum atomic E-state index is 13.6. The fourth-order valence-electron chi connectivity index (χ4n) is 3.87. The molecule has 0 saturated heterocycles. The zero-order chi connectivity index (χ0) is 24.5. The summed E-state index contributed by atoms with van der Waals surface area (Å²) in [5.74, 6) is -0.878. The Balaban J connectivity index is 1.66. The average molecular weight is 468 g/mol. The molecule has 2 amide bonds. The van der Waals surface area contributed by atoms with Crippen LogP contribution in [-0.2, 0) is 29.1 Å². The molecule has 1 aromatic heterocycles. The van der Waals surface area contributed by atoms with E-state index in [1.165, 1.54) is 12.1 Å². The number of hydrogen-bond donors (Lipinski definition) is 1. The van der Waals surface area contributed by atoms with Crippen LogP contribution in [0, 0.1) is 5.82 Å². The Morgan fingerprint density at radius 1 is 0.800 bits per heavy atom. The second-order valence-corrected chi connectivity index (χ2v) is 8.16. The highest BCUT2D eigenvalue weighted by Gasteiger charge is 2.31. The lowest BCUT2D eigenvalue weighted by molar-refractivity contribution is -0.141. The monoisotopic (exact) mass is 467 g/mol. The van der Waals surface area contributed by atoms with E-state index in [4.69, 9.17) is 0 Å². The topological polar surface area (TPSA) is 62.3 Å². The van der Waals surface area contributed by atoms with Crippen molar-refractivity contribution < 1.29 is 14.0 Å². The summed E-state index contributed by atoms with van der Waals surface area (Å²) in [6, 6.07) is 29.2. The van der Waals surface area contributed by atoms with Crippen LogP contribution < -0.4 is 5.32 Å². The van der Waals surface area contributed by atoms with Gasteiger partial charge in [0.05, 0.1) is 18.7 Å². The van der Waals surface area contributed by atoms with Gasteiger partial charge in [-0.3, -0.25) is 14.6 Å². The summed E-state index contributed by atoms with van der Waals surface area (Å²) in [7, 11) is 0. The van der Waals surface area contributed by atoms with Crippen LogP contribution >= 0.6 is 0 Å². The number of benzene rings is 3. The molecule has 4 rings (SSSR count). The summed E-state index contributed by atoms with van der Waals surface area (Å²) >= 11 is 0. The maximum absolute atomic E-state index is 13.6. The number of nitrogens with one attached hydrogen (secondary N) is 1. The highest BCUT2D eigenvalue weighted by atomic mass is 19.1. The number of nitrogens with zero attached hydrogens (tertiary/aromatic N) is 2. The van der Waals surface area contributed by atoms with Crippen molar-refractivity contribution in [1.82, 2.24) is 15.2 Å². The third kappa shape index (κ3) is 6.60. The van der Waals surface area contributed by atoms with Gasteiger partial charge in [-0.05, 0) is 41.0 Å². The van der Waals surface area contributed by atoms with Crippen molar-refractivity contribution in [3.05, 3.63) is 138 Å². The number of pyridine rings is 1. The van der Waals surface area contributed by atoms with E-state index in [1.807, 2.05) is 78.9 Å². The average Bonchev–Trinajstić information content (AvgIpc) is 2.90. The summed E-state index contributed by atoms with van der Waals surface area (Å²) < 4.78 is 13.5. The first-order valence-corrected chi connectivity index (χ1v) is 11.4. The van der Waals surface area contributed by atoms with Crippen LogP contribution in [0.5, 0.6) is 0 Å². The molecule has 176 valence electrons. The molecule has 5 nitrogen and oxygen atoms in total. The second kappa shape index (κ2) is 11.7. The van der Waals surface area contributed by atoms with E-state index in [0.29, 0.717) is 11.3 Å². The number of halogens is 1. The number of hydrogen-bond acceptors (Lipinski definition) is 3. The number of carbonyl (C=O) groups is 2. The molecule has 0 saturated carbocycles. The van der Waals surface area contributed by atoms with Gasteiger partial charge in [-0.25, -0.2) is 4.39 Å². The molecule has 4 aromatic rings. The van der Waals surface area contributed by atoms with E-state index in [-0.39, 0.29) is 37.1 Å². The predicted octanol–water partition coefficient (Wildman–Crippen LogP) is 4.85. The fraction of sp³-hybridized carbons (Fsp3) is 0.138. The van der Waals surface area contributed by atoms with E-state index in [2.05, 4.69) is 10.3 Å². The first-order chi connectivity index (χ1) is 17.1. The third-order valence-electron chi connectivity index (χ3n) is 5.63. The largest absolute Gasteiger partial charge is 0.348 e. The van der Waals surface area contributed by atoms with Crippen LogP contribution in [0.1, 0.15) is 28.4 Å². The zero-order valence-electron chi connectivity index (χ0n) is 19.2. The van der Waals surface area contributed by atoms with Crippen molar-refractivity contribution in [2.45, 2.75) is 25.6 Å². The smallest absolute Gasteiger partial charge is 0.247 e. The molecule has 35 heavy (non-hydrogen) atoms. The Bertz CT molecular complexity index is 1230. The lowest BCUT2D eigenvalue weighted by Crippen LogP contribution is -2.44. The van der Waals surface area contributed by atoms with Gasteiger partial charge in [-0.2, -0.15) is 0 Å². The number of carbonyl (C=O) groups excluding carboxylic acids is 2. The minimum absolute atomic E-state index is 0.138. The van der Waals surface area contributed by atoms with Gasteiger partial charge in [-0.15, -0.1) is 0 Å². The van der Waals surface area contributed by atoms with Crippen molar-refractivity contribution in [3.63, 3.8) is 0 Å². The molecule has 0 aliphatic heterocycles. The minimum atomic E-state index is -0.874. The highest BCUT2D eigenvalue weighted by Crippen LogP contribution is 2.25. The van der Waals surface area contributed by atoms with E-state index in [0.717, 1.165) is 11.1 Å². The maximum Gasteiger partial charge on any atom is 0.247 e. The second-order valence-electron chi connectivity index (χ2n) is 8.16. The fourth-order valence-corrected chi connectivity index (χ4v) is 3.87. The van der Waals surface area contributed by atoms with E-state index in [1.54, 1.807) is 23.2 Å². The summed E-state index contributed by atoms with van der Waals surface area (Å²) in [5, 5.41) is 2.94. The molecule has 0 fully saturated rings. The summed E-state index contributed by atoms with van der Waals surface area (Å²) in [6.45, 7) is 0.392. The minimum Gasteiger partial charge on any atom is -0.348 e. The Morgan fingerprint density at radius 3 is 2.11 bits per heavy atom. The predicted molar refractivity (Wildman–Crippen MR) is 132 cm³/mol. The number of aromatic nitrogens is 1. The van der Waals surface area contributed by atoms with Crippen LogP contribution in [0.15, 0.2) is 109 Å². The van der Waals surface area contributed by atoms with Crippen LogP contribution in [0.2, 0.25) is 0 Å². The van der Waals surface area contributed by atoms with Gasteiger partial charge in [-0.1, -0.05) is 78.9 Å². The molecule has 0 radical (unpaired) electrons. The van der Waals surface area contributed by atoms with Crippen LogP contribution in [0.4, 0.5) is 4.39 Å². The van der Waals surface area contributed by atoms with E-state index >= 15 is 0 Å². The van der Waals surface area contributed by atoms with Gasteiger partial charge in [0.1, 0.15) is 11.9 Å². The Labute approximate surface area is 204 Å². The molecule has 0 spiro atoms. The van der Waals surface area contributed by atoms with E-state index in [9.17, 15) is 14.0 Å². The van der Waals surface area contributed by atoms with Crippen LogP contribution in [0.25, 0.3) is 0 Å². The molecule has 1 heterocycles. The molecule has 6 heteroatoms. The molecule has 1 N–H and O–H groups in total. The van der Waals surface area contributed by atoms with Crippen molar-refractivity contribution >= 4 is 11.8 Å². The third-order valence-corrected chi connectivity index (χ3v) is 5.63. The number of rotatable bonds is 9. The molecule has 0 bridgehead atoms. The van der Waals surface area contributed by atoms with Crippen molar-refractivity contribution in [2.24, 2.45) is 0 Å². The van der Waals surface area contributed by atoms with Crippen molar-refractivity contribution in [3.8, 4) is 0 Å². The van der Waals surface area contributed by atoms with Crippen molar-refractivity contribution in [1.29, 1.82) is 0 Å². The standard InChI is InChI=1S/C29H26FN3O2/c30-25-16-14-23(15-17-25)21-33(27(34)19-22-9-3-1-4-10-22)28(24-11-5-2-6-12-24)29(35)32-20-26-13-7-8-18-31-26/h1-18,28H,19-21H2,(H,32,35)/t28-/m0/s1. The van der Waals surface area contributed by atoms with Gasteiger partial charge in [0.15, 0.2) is 0 Å². The molecule has 0 unspecified atom stereocenters. The Hall–Kier alpha value is -4.32.